The summed E-state index contributed by atoms with van der Waals surface area (Å²) in [5, 5.41) is 13.8. The summed E-state index contributed by atoms with van der Waals surface area (Å²) in [7, 11) is 1.62. The Morgan fingerprint density at radius 1 is 1.07 bits per heavy atom. The van der Waals surface area contributed by atoms with Gasteiger partial charge in [-0.3, -0.25) is 15.2 Å². The van der Waals surface area contributed by atoms with Gasteiger partial charge in [-0.1, -0.05) is 24.3 Å². The number of ketones is 1. The normalized spacial score (nSPS) is 15.0. The van der Waals surface area contributed by atoms with Crippen LogP contribution in [0.25, 0.3) is 0 Å². The molecule has 4 rings (SSSR count). The lowest BCUT2D eigenvalue weighted by Gasteiger charge is -2.21. The number of thiocarbonyl (C=S) groups is 1. The summed E-state index contributed by atoms with van der Waals surface area (Å²) in [6.07, 6.45) is -2.81. The van der Waals surface area contributed by atoms with E-state index in [4.69, 9.17) is 17.0 Å². The molecule has 0 fully saturated rings. The molecular formula is C29H28F3N5O3S. The summed E-state index contributed by atoms with van der Waals surface area (Å²) in [6.45, 7) is 5.38. The maximum Gasteiger partial charge on any atom is 0.573 e. The van der Waals surface area contributed by atoms with Crippen molar-refractivity contribution in [1.29, 1.82) is 0 Å². The minimum absolute atomic E-state index is 0.112. The second-order valence-corrected chi connectivity index (χ2v) is 9.75. The molecule has 1 unspecified atom stereocenters. The zero-order valence-electron chi connectivity index (χ0n) is 22.7. The smallest absolute Gasteiger partial charge is 0.497 e. The van der Waals surface area contributed by atoms with Crippen LogP contribution in [0.15, 0.2) is 70.9 Å². The highest BCUT2D eigenvalue weighted by Gasteiger charge is 2.33. The van der Waals surface area contributed by atoms with E-state index in [-0.39, 0.29) is 11.5 Å². The summed E-state index contributed by atoms with van der Waals surface area (Å²) in [5.74, 6) is 0.310. The lowest BCUT2D eigenvalue weighted by molar-refractivity contribution is -0.274. The molecule has 1 aliphatic heterocycles. The van der Waals surface area contributed by atoms with Crippen molar-refractivity contribution in [1.82, 2.24) is 5.43 Å². The molecule has 0 saturated carbocycles. The Balaban J connectivity index is 1.40. The first-order chi connectivity index (χ1) is 19.4. The third-order valence-corrected chi connectivity index (χ3v) is 6.51. The van der Waals surface area contributed by atoms with Crippen LogP contribution in [0.1, 0.15) is 35.6 Å². The number of nitrogens with zero attached hydrogens (tertiary/aromatic N) is 3. The first-order valence-electron chi connectivity index (χ1n) is 12.5. The molecule has 0 saturated heterocycles. The molecule has 8 nitrogen and oxygen atoms in total. The largest absolute Gasteiger partial charge is 0.573 e. The molecule has 0 aromatic heterocycles. The van der Waals surface area contributed by atoms with E-state index in [2.05, 4.69) is 25.7 Å². The van der Waals surface area contributed by atoms with Gasteiger partial charge in [0.05, 0.1) is 24.7 Å². The Morgan fingerprint density at radius 2 is 1.71 bits per heavy atom. The summed E-state index contributed by atoms with van der Waals surface area (Å²) in [5.41, 5.74) is 8.43. The topological polar surface area (TPSA) is 87.6 Å². The molecule has 0 aliphatic carbocycles. The number of ether oxygens (including phenoxy) is 2. The lowest BCUT2D eigenvalue weighted by atomic mass is 10.0. The summed E-state index contributed by atoms with van der Waals surface area (Å²) >= 11 is 5.37. The van der Waals surface area contributed by atoms with Gasteiger partial charge in [-0.2, -0.15) is 10.2 Å². The van der Waals surface area contributed by atoms with Gasteiger partial charge in [0.2, 0.25) is 0 Å². The Labute approximate surface area is 240 Å². The fourth-order valence-electron chi connectivity index (χ4n) is 4.35. The maximum absolute atomic E-state index is 12.5. The van der Waals surface area contributed by atoms with Crippen molar-refractivity contribution in [3.05, 3.63) is 82.9 Å². The summed E-state index contributed by atoms with van der Waals surface area (Å²) in [6, 6.07) is 15.9. The number of aryl methyl sites for hydroxylation is 2. The van der Waals surface area contributed by atoms with Crippen molar-refractivity contribution in [2.24, 2.45) is 10.2 Å². The lowest BCUT2D eigenvalue weighted by Crippen LogP contribution is -2.32. The SMILES string of the molecule is COc1cc(C)c(NC(=S)N/N=C/c2ccc(C3=NN(c4ccc(OC(F)(F)F)cc4)C(C(C)=O)C3)cc2)c(C)c1. The van der Waals surface area contributed by atoms with Crippen LogP contribution in [0.3, 0.4) is 0 Å². The summed E-state index contributed by atoms with van der Waals surface area (Å²) < 4.78 is 46.7. The number of carbonyl (C=O) groups excluding carboxylic acids is 1. The molecule has 214 valence electrons. The first kappa shape index (κ1) is 29.5. The zero-order chi connectivity index (χ0) is 29.7. The van der Waals surface area contributed by atoms with Crippen LogP contribution in [0, 0.1) is 13.8 Å². The quantitative estimate of drug-likeness (QED) is 0.188. The van der Waals surface area contributed by atoms with Crippen molar-refractivity contribution in [3.63, 3.8) is 0 Å². The Kier molecular flexibility index (Phi) is 8.92. The molecule has 0 amide bonds. The number of halogens is 3. The van der Waals surface area contributed by atoms with Crippen LogP contribution >= 0.6 is 12.2 Å². The minimum Gasteiger partial charge on any atom is -0.497 e. The molecule has 41 heavy (non-hydrogen) atoms. The number of hydrazone groups is 2. The maximum atomic E-state index is 12.5. The number of nitrogens with one attached hydrogen (secondary N) is 2. The number of alkyl halides is 3. The Bertz CT molecular complexity index is 1470. The van der Waals surface area contributed by atoms with Crippen LogP contribution < -0.4 is 25.2 Å². The number of hydrogen-bond donors (Lipinski definition) is 2. The van der Waals surface area contributed by atoms with Gasteiger partial charge >= 0.3 is 6.36 Å². The molecule has 1 atom stereocenters. The molecule has 1 heterocycles. The molecule has 0 bridgehead atoms. The second kappa shape index (κ2) is 12.4. The van der Waals surface area contributed by atoms with E-state index in [1.54, 1.807) is 13.3 Å². The molecule has 1 aliphatic rings. The van der Waals surface area contributed by atoms with Gasteiger partial charge in [-0.15, -0.1) is 13.2 Å². The van der Waals surface area contributed by atoms with Crippen LogP contribution in [0.5, 0.6) is 11.5 Å². The van der Waals surface area contributed by atoms with E-state index < -0.39 is 12.4 Å². The van der Waals surface area contributed by atoms with Crippen molar-refractivity contribution in [2.45, 2.75) is 39.6 Å². The van der Waals surface area contributed by atoms with E-state index in [9.17, 15) is 18.0 Å². The van der Waals surface area contributed by atoms with Gasteiger partial charge < -0.3 is 14.8 Å². The molecule has 3 aromatic carbocycles. The van der Waals surface area contributed by atoms with Crippen LogP contribution in [-0.4, -0.2) is 42.3 Å². The highest BCUT2D eigenvalue weighted by Crippen LogP contribution is 2.31. The zero-order valence-corrected chi connectivity index (χ0v) is 23.6. The van der Waals surface area contributed by atoms with E-state index in [0.717, 1.165) is 33.7 Å². The van der Waals surface area contributed by atoms with E-state index >= 15 is 0 Å². The average Bonchev–Trinajstić information content (AvgIpc) is 3.36. The molecule has 0 spiro atoms. The van der Waals surface area contributed by atoms with Gasteiger partial charge in [0.1, 0.15) is 17.5 Å². The highest BCUT2D eigenvalue weighted by atomic mass is 32.1. The Morgan fingerprint density at radius 3 is 2.27 bits per heavy atom. The molecule has 2 N–H and O–H groups in total. The van der Waals surface area contributed by atoms with Gasteiger partial charge in [-0.05, 0) is 91.6 Å². The fraction of sp³-hybridized carbons (Fsp3) is 0.241. The van der Waals surface area contributed by atoms with Crippen molar-refractivity contribution < 1.29 is 27.4 Å². The first-order valence-corrected chi connectivity index (χ1v) is 12.9. The van der Waals surface area contributed by atoms with Gasteiger partial charge in [0, 0.05) is 12.1 Å². The van der Waals surface area contributed by atoms with E-state index in [0.29, 0.717) is 22.9 Å². The van der Waals surface area contributed by atoms with Crippen LogP contribution in [0.2, 0.25) is 0 Å². The number of rotatable bonds is 8. The number of hydrogen-bond acceptors (Lipinski definition) is 7. The van der Waals surface area contributed by atoms with Crippen molar-refractivity contribution >= 4 is 46.4 Å². The Hall–Kier alpha value is -4.45. The van der Waals surface area contributed by atoms with Gasteiger partial charge in [-0.25, -0.2) is 0 Å². The molecule has 12 heteroatoms. The monoisotopic (exact) mass is 583 g/mol. The van der Waals surface area contributed by atoms with E-state index in [1.165, 1.54) is 36.2 Å². The predicted octanol–water partition coefficient (Wildman–Crippen LogP) is 6.10. The van der Waals surface area contributed by atoms with Crippen LogP contribution in [0.4, 0.5) is 24.5 Å². The van der Waals surface area contributed by atoms with Gasteiger partial charge in [0.25, 0.3) is 0 Å². The second-order valence-electron chi connectivity index (χ2n) is 9.35. The number of anilines is 2. The third-order valence-electron chi connectivity index (χ3n) is 6.32. The number of methoxy groups -OCH3 is 1. The van der Waals surface area contributed by atoms with Gasteiger partial charge in [0.15, 0.2) is 10.9 Å². The number of carbonyl (C=O) groups is 1. The molecular weight excluding hydrogens is 555 g/mol. The third kappa shape index (κ3) is 7.60. The number of benzene rings is 3. The predicted molar refractivity (Wildman–Crippen MR) is 157 cm³/mol. The molecule has 0 radical (unpaired) electrons. The average molecular weight is 584 g/mol. The van der Waals surface area contributed by atoms with Crippen LogP contribution in [-0.2, 0) is 4.79 Å². The minimum atomic E-state index is -4.78. The summed E-state index contributed by atoms with van der Waals surface area (Å²) in [4.78, 5) is 12.3. The standard InChI is InChI=1S/C29H28F3N5O3S/c1-17-13-24(39-4)14-18(2)27(17)34-28(41)35-33-16-20-5-7-21(8-6-20)25-15-26(19(3)38)37(36-25)22-9-11-23(12-10-22)40-29(30,31)32/h5-14,16,26H,15H2,1-4H3,(H2,34,35,41)/b33-16+. The van der Waals surface area contributed by atoms with E-state index in [1.807, 2.05) is 50.2 Å². The number of Topliss-reactive ketones (excluding diaryl/α,β-unsaturated/α-hetero) is 1. The highest BCUT2D eigenvalue weighted by molar-refractivity contribution is 7.80. The fourth-order valence-corrected chi connectivity index (χ4v) is 4.50. The molecule has 3 aromatic rings. The van der Waals surface area contributed by atoms with Crippen molar-refractivity contribution in [2.75, 3.05) is 17.4 Å². The van der Waals surface area contributed by atoms with Crippen molar-refractivity contribution in [3.8, 4) is 11.5 Å².